The van der Waals surface area contributed by atoms with Crippen molar-refractivity contribution < 1.29 is 33.2 Å². The van der Waals surface area contributed by atoms with Crippen molar-refractivity contribution in [3.8, 4) is 28.7 Å². The molecule has 178 valence electrons. The smallest absolute Gasteiger partial charge is 0.343 e. The van der Waals surface area contributed by atoms with Gasteiger partial charge in [0.2, 0.25) is 12.5 Å². The second kappa shape index (κ2) is 9.19. The van der Waals surface area contributed by atoms with Gasteiger partial charge in [-0.1, -0.05) is 31.5 Å². The van der Waals surface area contributed by atoms with Crippen LogP contribution in [0.2, 0.25) is 5.02 Å². The number of benzene rings is 2. The maximum atomic E-state index is 12.9. The molecule has 9 heteroatoms. The number of rotatable bonds is 4. The molecule has 5 rings (SSSR count). The summed E-state index contributed by atoms with van der Waals surface area (Å²) in [5, 5.41) is 0.512. The van der Waals surface area contributed by atoms with Gasteiger partial charge in [0.15, 0.2) is 23.0 Å². The maximum absolute atomic E-state index is 12.9. The number of hydrogen-bond acceptors (Lipinski definition) is 8. The molecule has 0 bridgehead atoms. The van der Waals surface area contributed by atoms with Crippen molar-refractivity contribution in [2.75, 3.05) is 41.7 Å². The molecule has 8 nitrogen and oxygen atoms in total. The van der Waals surface area contributed by atoms with Gasteiger partial charge in [-0.3, -0.25) is 4.90 Å². The number of fused-ring (bicyclic) bond motifs is 3. The molecule has 2 aromatic carbocycles. The molecule has 0 unspecified atom stereocenters. The predicted octanol–water partition coefficient (Wildman–Crippen LogP) is 4.56. The lowest BCUT2D eigenvalue weighted by Crippen LogP contribution is -2.36. The first kappa shape index (κ1) is 23.3. The molecule has 0 saturated heterocycles. The Bertz CT molecular complexity index is 1090. The van der Waals surface area contributed by atoms with Crippen LogP contribution in [-0.2, 0) is 11.2 Å². The van der Waals surface area contributed by atoms with Crippen LogP contribution in [0.15, 0.2) is 12.1 Å². The third-order valence-electron chi connectivity index (χ3n) is 6.15. The number of hydrogen-bond donors (Lipinski definition) is 0. The standard InChI is InChI=1S/C22H22ClNO7.C2H6/c1-24-8-7-10-13(19(28-4)21-20(15(10)23)29-9-30-21)16(24)17-11-5-6-12(26-2)18(27-3)14(11)22(25)31-17;1-2/h5-6,16-17H,7-9H2,1-4H3;1-2H3/t16-,17+;/m1./s1. The van der Waals surface area contributed by atoms with Crippen molar-refractivity contribution in [1.82, 2.24) is 4.90 Å². The summed E-state index contributed by atoms with van der Waals surface area (Å²) in [6.45, 7) is 4.80. The molecule has 3 heterocycles. The Kier molecular flexibility index (Phi) is 6.50. The first-order valence-corrected chi connectivity index (χ1v) is 11.2. The molecule has 33 heavy (non-hydrogen) atoms. The minimum atomic E-state index is -0.586. The third-order valence-corrected chi connectivity index (χ3v) is 6.55. The summed E-state index contributed by atoms with van der Waals surface area (Å²) in [6.07, 6.45) is 0.116. The molecular formula is C24H28ClNO7. The number of nitrogens with zero attached hydrogens (tertiary/aromatic N) is 1. The normalized spacial score (nSPS) is 20.3. The van der Waals surface area contributed by atoms with Crippen LogP contribution in [0.4, 0.5) is 0 Å². The summed E-state index contributed by atoms with van der Waals surface area (Å²) < 4.78 is 33.8. The van der Waals surface area contributed by atoms with E-state index >= 15 is 0 Å². The number of likely N-dealkylation sites (N-methyl/N-ethyl adjacent to an activating group) is 1. The van der Waals surface area contributed by atoms with Gasteiger partial charge in [-0.25, -0.2) is 4.79 Å². The Hall–Kier alpha value is -2.84. The molecule has 3 aliphatic heterocycles. The van der Waals surface area contributed by atoms with Gasteiger partial charge in [0.1, 0.15) is 11.7 Å². The molecule has 3 aliphatic rings. The Morgan fingerprint density at radius 1 is 1.03 bits per heavy atom. The highest BCUT2D eigenvalue weighted by Gasteiger charge is 2.47. The zero-order valence-corrected chi connectivity index (χ0v) is 20.4. The van der Waals surface area contributed by atoms with Gasteiger partial charge >= 0.3 is 5.97 Å². The number of ether oxygens (including phenoxy) is 6. The number of carbonyl (C=O) groups excluding carboxylic acids is 1. The van der Waals surface area contributed by atoms with Crippen LogP contribution in [0, 0.1) is 0 Å². The third kappa shape index (κ3) is 3.43. The van der Waals surface area contributed by atoms with E-state index in [1.54, 1.807) is 13.2 Å². The van der Waals surface area contributed by atoms with E-state index in [9.17, 15) is 4.79 Å². The highest BCUT2D eigenvalue weighted by atomic mass is 35.5. The van der Waals surface area contributed by atoms with Crippen molar-refractivity contribution >= 4 is 17.6 Å². The van der Waals surface area contributed by atoms with Gasteiger partial charge in [0, 0.05) is 17.7 Å². The fourth-order valence-electron chi connectivity index (χ4n) is 4.78. The Labute approximate surface area is 198 Å². The Morgan fingerprint density at radius 2 is 1.73 bits per heavy atom. The topological polar surface area (TPSA) is 75.7 Å². The van der Waals surface area contributed by atoms with Crippen molar-refractivity contribution in [3.05, 3.63) is 39.4 Å². The number of cyclic esters (lactones) is 1. The first-order chi connectivity index (χ1) is 16.0. The quantitative estimate of drug-likeness (QED) is 0.593. The first-order valence-electron chi connectivity index (χ1n) is 10.9. The van der Waals surface area contributed by atoms with Crippen molar-refractivity contribution in [2.24, 2.45) is 0 Å². The summed E-state index contributed by atoms with van der Waals surface area (Å²) >= 11 is 6.71. The molecule has 0 saturated carbocycles. The number of esters is 1. The second-order valence-corrected chi connectivity index (χ2v) is 7.95. The number of carbonyl (C=O) groups is 1. The zero-order chi connectivity index (χ0) is 23.9. The fraction of sp³-hybridized carbons (Fsp3) is 0.458. The SMILES string of the molecule is CC.COc1ccc2c(c1OC)C(=O)O[C@@H]2[C@H]1c2c(c(Cl)c3c(c2OC)OCO3)CCN1C. The molecule has 0 fully saturated rings. The number of halogens is 1. The molecule has 2 atom stereocenters. The molecule has 0 aliphatic carbocycles. The lowest BCUT2D eigenvalue weighted by atomic mass is 9.85. The molecule has 0 N–H and O–H groups in total. The van der Waals surface area contributed by atoms with Crippen molar-refractivity contribution in [2.45, 2.75) is 32.4 Å². The fourth-order valence-corrected chi connectivity index (χ4v) is 5.11. The molecule has 0 spiro atoms. The van der Waals surface area contributed by atoms with Gasteiger partial charge in [0.05, 0.1) is 32.4 Å². The maximum Gasteiger partial charge on any atom is 0.343 e. The zero-order valence-electron chi connectivity index (χ0n) is 19.6. The minimum Gasteiger partial charge on any atom is -0.493 e. The minimum absolute atomic E-state index is 0.0764. The van der Waals surface area contributed by atoms with Crippen molar-refractivity contribution in [1.29, 1.82) is 0 Å². The van der Waals surface area contributed by atoms with Crippen LogP contribution in [0.1, 0.15) is 53.0 Å². The average molecular weight is 478 g/mol. The predicted molar refractivity (Wildman–Crippen MR) is 122 cm³/mol. The van der Waals surface area contributed by atoms with Crippen LogP contribution in [0.3, 0.4) is 0 Å². The highest BCUT2D eigenvalue weighted by Crippen LogP contribution is 2.57. The van der Waals surface area contributed by atoms with E-state index in [1.165, 1.54) is 14.2 Å². The number of methoxy groups -OCH3 is 3. The van der Waals surface area contributed by atoms with Crippen LogP contribution in [-0.4, -0.2) is 52.6 Å². The van der Waals surface area contributed by atoms with Gasteiger partial charge in [-0.15, -0.1) is 0 Å². The van der Waals surface area contributed by atoms with Gasteiger partial charge < -0.3 is 28.4 Å². The van der Waals surface area contributed by atoms with E-state index in [0.717, 1.165) is 23.2 Å². The molecular weight excluding hydrogens is 450 g/mol. The summed E-state index contributed by atoms with van der Waals surface area (Å²) in [4.78, 5) is 15.0. The molecule has 0 aromatic heterocycles. The second-order valence-electron chi connectivity index (χ2n) is 7.57. The van der Waals surface area contributed by atoms with E-state index in [0.29, 0.717) is 45.8 Å². The highest BCUT2D eigenvalue weighted by molar-refractivity contribution is 6.33. The largest absolute Gasteiger partial charge is 0.493 e. The van der Waals surface area contributed by atoms with Crippen LogP contribution >= 0.6 is 11.6 Å². The van der Waals surface area contributed by atoms with E-state index in [4.69, 9.17) is 40.0 Å². The molecule has 0 amide bonds. The van der Waals surface area contributed by atoms with Crippen molar-refractivity contribution in [3.63, 3.8) is 0 Å². The van der Waals surface area contributed by atoms with E-state index < -0.39 is 12.1 Å². The lowest BCUT2D eigenvalue weighted by molar-refractivity contribution is 0.00875. The van der Waals surface area contributed by atoms with Crippen LogP contribution in [0.5, 0.6) is 28.7 Å². The molecule has 2 aromatic rings. The Morgan fingerprint density at radius 3 is 2.39 bits per heavy atom. The van der Waals surface area contributed by atoms with Gasteiger partial charge in [-0.2, -0.15) is 0 Å². The van der Waals surface area contributed by atoms with E-state index in [1.807, 2.05) is 27.0 Å². The summed E-state index contributed by atoms with van der Waals surface area (Å²) in [6, 6.07) is 3.28. The van der Waals surface area contributed by atoms with E-state index in [2.05, 4.69) is 4.90 Å². The summed E-state index contributed by atoms with van der Waals surface area (Å²) in [5.41, 5.74) is 2.85. The van der Waals surface area contributed by atoms with E-state index in [-0.39, 0.29) is 12.8 Å². The Balaban J connectivity index is 0.00000126. The average Bonchev–Trinajstić information content (AvgIpc) is 3.45. The van der Waals surface area contributed by atoms with Gasteiger partial charge in [-0.05, 0) is 25.1 Å². The monoisotopic (exact) mass is 477 g/mol. The van der Waals surface area contributed by atoms with Gasteiger partial charge in [0.25, 0.3) is 0 Å². The summed E-state index contributed by atoms with van der Waals surface area (Å²) in [7, 11) is 6.60. The van der Waals surface area contributed by atoms with Crippen LogP contribution < -0.4 is 23.7 Å². The summed E-state index contributed by atoms with van der Waals surface area (Å²) in [5.74, 6) is 1.90. The lowest BCUT2D eigenvalue weighted by Gasteiger charge is -2.38. The molecule has 0 radical (unpaired) electrons. The van der Waals surface area contributed by atoms with Crippen LogP contribution in [0.25, 0.3) is 0 Å².